The van der Waals surface area contributed by atoms with Gasteiger partial charge in [-0.25, -0.2) is 14.1 Å². The Morgan fingerprint density at radius 3 is 2.93 bits per heavy atom. The first-order valence-electron chi connectivity index (χ1n) is 3.99. The first kappa shape index (κ1) is 10.0. The standard InChI is InChI=1S/C8H6BrFN4O/c1-15-8-11-3-2-6(12-8)14-4-5(10)7(9)13-14/h2-4H,1H3. The second kappa shape index (κ2) is 3.93. The molecule has 0 bridgehead atoms. The maximum atomic E-state index is 13.0. The highest BCUT2D eigenvalue weighted by Crippen LogP contribution is 2.15. The Kier molecular flexibility index (Phi) is 2.63. The lowest BCUT2D eigenvalue weighted by atomic mass is 10.6. The molecule has 2 heterocycles. The van der Waals surface area contributed by atoms with Crippen molar-refractivity contribution >= 4 is 15.9 Å². The van der Waals surface area contributed by atoms with Gasteiger partial charge < -0.3 is 4.74 Å². The Balaban J connectivity index is 2.44. The summed E-state index contributed by atoms with van der Waals surface area (Å²) in [5.41, 5.74) is 0. The molecule has 2 aromatic rings. The molecule has 0 amide bonds. The van der Waals surface area contributed by atoms with Crippen molar-refractivity contribution in [3.05, 3.63) is 28.9 Å². The number of methoxy groups -OCH3 is 1. The van der Waals surface area contributed by atoms with E-state index in [0.29, 0.717) is 5.82 Å². The van der Waals surface area contributed by atoms with E-state index >= 15 is 0 Å². The molecular weight excluding hydrogens is 267 g/mol. The molecule has 0 aliphatic carbocycles. The molecule has 78 valence electrons. The van der Waals surface area contributed by atoms with Crippen LogP contribution < -0.4 is 4.74 Å². The second-order valence-electron chi connectivity index (χ2n) is 2.61. The molecule has 0 radical (unpaired) electrons. The van der Waals surface area contributed by atoms with Crippen LogP contribution >= 0.6 is 15.9 Å². The van der Waals surface area contributed by atoms with Crippen molar-refractivity contribution < 1.29 is 9.13 Å². The van der Waals surface area contributed by atoms with Gasteiger partial charge in [0.25, 0.3) is 0 Å². The summed E-state index contributed by atoms with van der Waals surface area (Å²) in [5, 5.41) is 3.87. The van der Waals surface area contributed by atoms with Crippen LogP contribution in [0.2, 0.25) is 0 Å². The quantitative estimate of drug-likeness (QED) is 0.833. The Labute approximate surface area is 93.0 Å². The van der Waals surface area contributed by atoms with E-state index in [1.807, 2.05) is 0 Å². The van der Waals surface area contributed by atoms with Crippen LogP contribution in [-0.4, -0.2) is 26.9 Å². The highest BCUT2D eigenvalue weighted by Gasteiger charge is 2.08. The summed E-state index contributed by atoms with van der Waals surface area (Å²) in [6.07, 6.45) is 2.72. The topological polar surface area (TPSA) is 52.8 Å². The Bertz CT molecular complexity index is 468. The average Bonchev–Trinajstić information content (AvgIpc) is 2.59. The molecule has 0 spiro atoms. The van der Waals surface area contributed by atoms with Gasteiger partial charge >= 0.3 is 6.01 Å². The predicted octanol–water partition coefficient (Wildman–Crippen LogP) is 1.57. The third-order valence-corrected chi connectivity index (χ3v) is 2.20. The van der Waals surface area contributed by atoms with E-state index in [0.717, 1.165) is 0 Å². The molecule has 5 nitrogen and oxygen atoms in total. The molecule has 0 unspecified atom stereocenters. The van der Waals surface area contributed by atoms with E-state index in [1.165, 1.54) is 24.2 Å². The molecule has 0 saturated carbocycles. The van der Waals surface area contributed by atoms with E-state index in [1.54, 1.807) is 6.07 Å². The summed E-state index contributed by atoms with van der Waals surface area (Å²) < 4.78 is 19.3. The van der Waals surface area contributed by atoms with Crippen molar-refractivity contribution in [3.8, 4) is 11.8 Å². The van der Waals surface area contributed by atoms with Crippen molar-refractivity contribution in [1.29, 1.82) is 0 Å². The largest absolute Gasteiger partial charge is 0.467 e. The fourth-order valence-electron chi connectivity index (χ4n) is 1.01. The van der Waals surface area contributed by atoms with Crippen molar-refractivity contribution in [3.63, 3.8) is 0 Å². The first-order chi connectivity index (χ1) is 7.20. The molecule has 0 saturated heterocycles. The molecule has 7 heteroatoms. The summed E-state index contributed by atoms with van der Waals surface area (Å²) in [6, 6.07) is 1.81. The minimum Gasteiger partial charge on any atom is -0.467 e. The van der Waals surface area contributed by atoms with Gasteiger partial charge in [-0.1, -0.05) is 0 Å². The number of hydrogen-bond donors (Lipinski definition) is 0. The fourth-order valence-corrected chi connectivity index (χ4v) is 1.28. The molecule has 2 aromatic heterocycles. The molecule has 0 fully saturated rings. The van der Waals surface area contributed by atoms with Gasteiger partial charge in [0.15, 0.2) is 16.2 Å². The van der Waals surface area contributed by atoms with Gasteiger partial charge in [0.2, 0.25) is 0 Å². The number of hydrogen-bond acceptors (Lipinski definition) is 4. The number of ether oxygens (including phenoxy) is 1. The lowest BCUT2D eigenvalue weighted by Crippen LogP contribution is -2.00. The molecule has 2 rings (SSSR count). The number of aromatic nitrogens is 4. The van der Waals surface area contributed by atoms with E-state index in [-0.39, 0.29) is 10.6 Å². The highest BCUT2D eigenvalue weighted by molar-refractivity contribution is 9.10. The maximum absolute atomic E-state index is 13.0. The molecular formula is C8H6BrFN4O. The third-order valence-electron chi connectivity index (χ3n) is 1.66. The summed E-state index contributed by atoms with van der Waals surface area (Å²) in [7, 11) is 1.46. The zero-order valence-corrected chi connectivity index (χ0v) is 9.27. The fraction of sp³-hybridized carbons (Fsp3) is 0.125. The van der Waals surface area contributed by atoms with E-state index < -0.39 is 5.82 Å². The van der Waals surface area contributed by atoms with Crippen LogP contribution in [-0.2, 0) is 0 Å². The number of halogens is 2. The smallest absolute Gasteiger partial charge is 0.318 e. The monoisotopic (exact) mass is 272 g/mol. The molecule has 15 heavy (non-hydrogen) atoms. The van der Waals surface area contributed by atoms with Crippen LogP contribution in [0.1, 0.15) is 0 Å². The van der Waals surface area contributed by atoms with Gasteiger partial charge in [0.05, 0.1) is 13.3 Å². The minimum absolute atomic E-state index is 0.139. The third kappa shape index (κ3) is 1.96. The van der Waals surface area contributed by atoms with Crippen LogP contribution in [0.15, 0.2) is 23.1 Å². The van der Waals surface area contributed by atoms with Crippen LogP contribution in [0.4, 0.5) is 4.39 Å². The highest BCUT2D eigenvalue weighted by atomic mass is 79.9. The first-order valence-corrected chi connectivity index (χ1v) is 4.78. The van der Waals surface area contributed by atoms with Crippen molar-refractivity contribution in [2.24, 2.45) is 0 Å². The van der Waals surface area contributed by atoms with Gasteiger partial charge in [0, 0.05) is 12.3 Å². The lowest BCUT2D eigenvalue weighted by molar-refractivity contribution is 0.378. The number of rotatable bonds is 2. The maximum Gasteiger partial charge on any atom is 0.318 e. The van der Waals surface area contributed by atoms with Gasteiger partial charge in [-0.3, -0.25) is 0 Å². The molecule has 0 aliphatic heterocycles. The number of nitrogens with zero attached hydrogens (tertiary/aromatic N) is 4. The van der Waals surface area contributed by atoms with E-state index in [9.17, 15) is 4.39 Å². The summed E-state index contributed by atoms with van der Waals surface area (Å²) in [5.74, 6) is -0.0148. The summed E-state index contributed by atoms with van der Waals surface area (Å²) in [6.45, 7) is 0. The molecule has 0 N–H and O–H groups in total. The van der Waals surface area contributed by atoms with Gasteiger partial charge in [-0.05, 0) is 15.9 Å². The summed E-state index contributed by atoms with van der Waals surface area (Å²) >= 11 is 2.97. The van der Waals surface area contributed by atoms with Crippen LogP contribution in [0.3, 0.4) is 0 Å². The summed E-state index contributed by atoms with van der Waals surface area (Å²) in [4.78, 5) is 7.83. The van der Waals surface area contributed by atoms with Crippen LogP contribution in [0, 0.1) is 5.82 Å². The van der Waals surface area contributed by atoms with Crippen LogP contribution in [0.5, 0.6) is 6.01 Å². The van der Waals surface area contributed by atoms with E-state index in [2.05, 4.69) is 31.0 Å². The lowest BCUT2D eigenvalue weighted by Gasteiger charge is -2.00. The zero-order valence-electron chi connectivity index (χ0n) is 7.69. The van der Waals surface area contributed by atoms with Crippen LogP contribution in [0.25, 0.3) is 5.82 Å². The SMILES string of the molecule is COc1nccc(-n2cc(F)c(Br)n2)n1. The minimum atomic E-state index is -0.451. The Morgan fingerprint density at radius 2 is 2.33 bits per heavy atom. The van der Waals surface area contributed by atoms with Gasteiger partial charge in [0.1, 0.15) is 0 Å². The van der Waals surface area contributed by atoms with Gasteiger partial charge in [-0.15, -0.1) is 0 Å². The molecule has 0 aromatic carbocycles. The van der Waals surface area contributed by atoms with E-state index in [4.69, 9.17) is 4.74 Å². The predicted molar refractivity (Wildman–Crippen MR) is 53.4 cm³/mol. The Morgan fingerprint density at radius 1 is 1.53 bits per heavy atom. The van der Waals surface area contributed by atoms with Crippen molar-refractivity contribution in [1.82, 2.24) is 19.7 Å². The molecule has 0 atom stereocenters. The molecule has 0 aliphatic rings. The normalized spacial score (nSPS) is 10.3. The van der Waals surface area contributed by atoms with Crippen molar-refractivity contribution in [2.75, 3.05) is 7.11 Å². The Hall–Kier alpha value is -1.50. The van der Waals surface area contributed by atoms with Gasteiger partial charge in [-0.2, -0.15) is 10.1 Å². The van der Waals surface area contributed by atoms with Crippen molar-refractivity contribution in [2.45, 2.75) is 0 Å². The average molecular weight is 273 g/mol. The second-order valence-corrected chi connectivity index (χ2v) is 3.37. The zero-order chi connectivity index (χ0) is 10.8.